The topological polar surface area (TPSA) is 8.17 Å². The fourth-order valence-electron chi connectivity index (χ4n) is 11.1. The molecule has 2 heterocycles. The number of anilines is 3. The van der Waals surface area contributed by atoms with Gasteiger partial charge in [0.05, 0.1) is 28.1 Å². The van der Waals surface area contributed by atoms with E-state index in [0.29, 0.717) is 11.8 Å². The summed E-state index contributed by atoms with van der Waals surface area (Å²) in [5, 5.41) is 5.19. The number of aromatic nitrogens is 1. The molecule has 0 radical (unpaired) electrons. The van der Waals surface area contributed by atoms with E-state index in [4.69, 9.17) is 0 Å². The number of hydrogen-bond donors (Lipinski definition) is 0. The first-order chi connectivity index (χ1) is 30.7. The number of para-hydroxylation sites is 5. The lowest BCUT2D eigenvalue weighted by atomic mass is 9.80. The standard InChI is InChI=1S/C59H48N2S/c1-59-39-15-14-34-51(59)50-33-18-32-49(58(50)62-59)46-28-10-13-37-54(46)61(55-38-19-31-48-45-27-9-11-35-52(45)60(57(48)55)42-24-6-3-7-25-42)53-36-12-8-26-44(53)47-30-17-23-41-22-16-29-43(56(41)47)40-20-4-2-5-21-40/h3,6-19,22-40,51H,2,4-5,20-21H2,1H3. The van der Waals surface area contributed by atoms with Crippen LogP contribution in [0.25, 0.3) is 60.5 Å². The summed E-state index contributed by atoms with van der Waals surface area (Å²) < 4.78 is 2.46. The predicted octanol–water partition coefficient (Wildman–Crippen LogP) is 16.9. The van der Waals surface area contributed by atoms with Crippen molar-refractivity contribution in [3.8, 4) is 27.9 Å². The van der Waals surface area contributed by atoms with E-state index in [-0.39, 0.29) is 4.75 Å². The zero-order valence-corrected chi connectivity index (χ0v) is 35.9. The molecule has 2 nitrogen and oxygen atoms in total. The number of nitrogens with zero attached hydrogens (tertiary/aromatic N) is 2. The van der Waals surface area contributed by atoms with E-state index in [1.165, 1.54) is 103 Å². The van der Waals surface area contributed by atoms with Crippen LogP contribution in [0.3, 0.4) is 0 Å². The van der Waals surface area contributed by atoms with Gasteiger partial charge in [0.2, 0.25) is 0 Å². The number of allylic oxidation sites excluding steroid dienone is 3. The number of rotatable bonds is 7. The van der Waals surface area contributed by atoms with E-state index in [0.717, 1.165) is 22.7 Å². The maximum absolute atomic E-state index is 2.60. The maximum atomic E-state index is 2.60. The Morgan fingerprint density at radius 1 is 0.532 bits per heavy atom. The summed E-state index contributed by atoms with van der Waals surface area (Å²) in [6, 6.07) is 66.0. The van der Waals surface area contributed by atoms with Gasteiger partial charge in [-0.2, -0.15) is 0 Å². The normalized spacial score (nSPS) is 18.4. The van der Waals surface area contributed by atoms with E-state index in [1.54, 1.807) is 0 Å². The molecule has 8 aromatic carbocycles. The Hall–Kier alpha value is -6.55. The highest BCUT2D eigenvalue weighted by Gasteiger charge is 2.42. The summed E-state index contributed by atoms with van der Waals surface area (Å²) in [5.41, 5.74) is 14.9. The molecule has 1 aliphatic heterocycles. The lowest BCUT2D eigenvalue weighted by Crippen LogP contribution is -2.22. The molecule has 0 N–H and O–H groups in total. The first-order valence-corrected chi connectivity index (χ1v) is 23.2. The van der Waals surface area contributed by atoms with Crippen molar-refractivity contribution >= 4 is 61.4 Å². The van der Waals surface area contributed by atoms with Gasteiger partial charge in [-0.3, -0.25) is 0 Å². The van der Waals surface area contributed by atoms with E-state index in [1.807, 2.05) is 11.8 Å². The third-order valence-corrected chi connectivity index (χ3v) is 15.4. The van der Waals surface area contributed by atoms with Gasteiger partial charge in [-0.15, -0.1) is 11.8 Å². The zero-order chi connectivity index (χ0) is 41.2. The molecule has 2 unspecified atom stereocenters. The van der Waals surface area contributed by atoms with Gasteiger partial charge in [0.1, 0.15) is 0 Å². The van der Waals surface area contributed by atoms with Crippen LogP contribution in [-0.4, -0.2) is 9.31 Å². The van der Waals surface area contributed by atoms with Crippen LogP contribution in [0.1, 0.15) is 62.0 Å². The molecular formula is C59H48N2S. The Balaban J connectivity index is 1.17. The summed E-state index contributed by atoms with van der Waals surface area (Å²) in [7, 11) is 0. The third kappa shape index (κ3) is 5.93. The molecule has 300 valence electrons. The predicted molar refractivity (Wildman–Crippen MR) is 265 cm³/mol. The van der Waals surface area contributed by atoms with Crippen molar-refractivity contribution in [1.82, 2.24) is 4.57 Å². The van der Waals surface area contributed by atoms with E-state index in [2.05, 4.69) is 217 Å². The molecule has 0 saturated heterocycles. The van der Waals surface area contributed by atoms with Gasteiger partial charge in [-0.1, -0.05) is 183 Å². The quantitative estimate of drug-likeness (QED) is 0.158. The largest absolute Gasteiger partial charge is 0.307 e. The number of hydrogen-bond acceptors (Lipinski definition) is 2. The van der Waals surface area contributed by atoms with Crippen LogP contribution in [0.2, 0.25) is 0 Å². The molecule has 12 rings (SSSR count). The lowest BCUT2D eigenvalue weighted by molar-refractivity contribution is 0.445. The van der Waals surface area contributed by atoms with Gasteiger partial charge < -0.3 is 9.47 Å². The number of thioether (sulfide) groups is 1. The van der Waals surface area contributed by atoms with Crippen LogP contribution in [0.4, 0.5) is 17.1 Å². The van der Waals surface area contributed by atoms with Gasteiger partial charge in [-0.25, -0.2) is 0 Å². The highest BCUT2D eigenvalue weighted by molar-refractivity contribution is 8.01. The average Bonchev–Trinajstić information content (AvgIpc) is 3.84. The minimum Gasteiger partial charge on any atom is -0.307 e. The minimum absolute atomic E-state index is 0.0267. The first kappa shape index (κ1) is 37.2. The number of benzene rings is 8. The molecule has 1 aromatic heterocycles. The van der Waals surface area contributed by atoms with Crippen LogP contribution in [0.15, 0.2) is 205 Å². The van der Waals surface area contributed by atoms with Crippen LogP contribution >= 0.6 is 11.8 Å². The zero-order valence-electron chi connectivity index (χ0n) is 35.0. The maximum Gasteiger partial charge on any atom is 0.0782 e. The van der Waals surface area contributed by atoms with Crippen LogP contribution < -0.4 is 4.90 Å². The molecule has 9 aromatic rings. The van der Waals surface area contributed by atoms with E-state index >= 15 is 0 Å². The molecule has 1 saturated carbocycles. The third-order valence-electron chi connectivity index (χ3n) is 13.9. The molecule has 1 fully saturated rings. The Bertz CT molecular complexity index is 3230. The van der Waals surface area contributed by atoms with Crippen molar-refractivity contribution in [3.63, 3.8) is 0 Å². The first-order valence-electron chi connectivity index (χ1n) is 22.4. The van der Waals surface area contributed by atoms with Gasteiger partial charge in [0.25, 0.3) is 0 Å². The molecule has 0 spiro atoms. The Morgan fingerprint density at radius 2 is 1.15 bits per heavy atom. The van der Waals surface area contributed by atoms with Gasteiger partial charge >= 0.3 is 0 Å². The van der Waals surface area contributed by atoms with Crippen molar-refractivity contribution in [3.05, 3.63) is 211 Å². The Kier molecular flexibility index (Phi) is 9.08. The van der Waals surface area contributed by atoms with Crippen molar-refractivity contribution in [2.24, 2.45) is 0 Å². The SMILES string of the molecule is CC12C=CC=CC1c1cccc(-c3ccccc3N(c3ccccc3-c3cccc4cccc(C5CCCCC5)c34)c3cccc4c5ccccc5n(-c5ccccc5)c34)c1S2. The molecule has 0 bridgehead atoms. The summed E-state index contributed by atoms with van der Waals surface area (Å²) >= 11 is 2.02. The van der Waals surface area contributed by atoms with Crippen LogP contribution in [0.5, 0.6) is 0 Å². The van der Waals surface area contributed by atoms with Gasteiger partial charge in [0.15, 0.2) is 0 Å². The minimum atomic E-state index is -0.0267. The monoisotopic (exact) mass is 816 g/mol. The summed E-state index contributed by atoms with van der Waals surface area (Å²) in [6.07, 6.45) is 15.7. The summed E-state index contributed by atoms with van der Waals surface area (Å²) in [4.78, 5) is 3.97. The second-order valence-corrected chi connectivity index (χ2v) is 19.0. The molecule has 62 heavy (non-hydrogen) atoms. The van der Waals surface area contributed by atoms with E-state index < -0.39 is 0 Å². The second kappa shape index (κ2) is 15.1. The average molecular weight is 817 g/mol. The smallest absolute Gasteiger partial charge is 0.0782 e. The molecule has 3 aliphatic rings. The second-order valence-electron chi connectivity index (χ2n) is 17.5. The Labute approximate surface area is 368 Å². The summed E-state index contributed by atoms with van der Waals surface area (Å²) in [5.74, 6) is 0.900. The summed E-state index contributed by atoms with van der Waals surface area (Å²) in [6.45, 7) is 2.40. The molecule has 2 aliphatic carbocycles. The van der Waals surface area contributed by atoms with Crippen LogP contribution in [-0.2, 0) is 0 Å². The lowest BCUT2D eigenvalue weighted by Gasteiger charge is -2.32. The Morgan fingerprint density at radius 3 is 1.97 bits per heavy atom. The van der Waals surface area contributed by atoms with Gasteiger partial charge in [0, 0.05) is 43.1 Å². The molecule has 3 heteroatoms. The van der Waals surface area contributed by atoms with Gasteiger partial charge in [-0.05, 0) is 95.1 Å². The van der Waals surface area contributed by atoms with Crippen molar-refractivity contribution in [2.45, 2.75) is 60.5 Å². The van der Waals surface area contributed by atoms with E-state index in [9.17, 15) is 0 Å². The fraction of sp³-hybridized carbons (Fsp3) is 0.153. The number of fused-ring (bicyclic) bond motifs is 7. The highest BCUT2D eigenvalue weighted by Crippen LogP contribution is 2.59. The van der Waals surface area contributed by atoms with Crippen molar-refractivity contribution < 1.29 is 0 Å². The molecule has 0 amide bonds. The molecule has 2 atom stereocenters. The van der Waals surface area contributed by atoms with Crippen molar-refractivity contribution in [2.75, 3.05) is 4.90 Å². The van der Waals surface area contributed by atoms with Crippen LogP contribution in [0, 0.1) is 0 Å². The highest BCUT2D eigenvalue weighted by atomic mass is 32.2. The molecular weight excluding hydrogens is 769 g/mol. The fourth-order valence-corrected chi connectivity index (χ4v) is 12.6. The van der Waals surface area contributed by atoms with Crippen molar-refractivity contribution in [1.29, 1.82) is 0 Å².